The molecule has 1 aliphatic heterocycles. The SMILES string of the molecule is O=C(O)c1ccc(N2CCC(CCO)C2)o1. The topological polar surface area (TPSA) is 73.9 Å². The Labute approximate surface area is 93.3 Å². The summed E-state index contributed by atoms with van der Waals surface area (Å²) in [6.45, 7) is 1.89. The summed E-state index contributed by atoms with van der Waals surface area (Å²) in [7, 11) is 0. The fraction of sp³-hybridized carbons (Fsp3) is 0.545. The Morgan fingerprint density at radius 1 is 1.56 bits per heavy atom. The van der Waals surface area contributed by atoms with Gasteiger partial charge >= 0.3 is 5.97 Å². The molecule has 1 aliphatic rings. The van der Waals surface area contributed by atoms with Gasteiger partial charge in [0.15, 0.2) is 5.88 Å². The summed E-state index contributed by atoms with van der Waals surface area (Å²) in [4.78, 5) is 12.7. The summed E-state index contributed by atoms with van der Waals surface area (Å²) >= 11 is 0. The fourth-order valence-electron chi connectivity index (χ4n) is 2.06. The lowest BCUT2D eigenvalue weighted by Gasteiger charge is -2.14. The van der Waals surface area contributed by atoms with Crippen molar-refractivity contribution in [3.8, 4) is 0 Å². The Bertz CT molecular complexity index is 374. The minimum absolute atomic E-state index is 0.0272. The zero-order valence-electron chi connectivity index (χ0n) is 8.93. The van der Waals surface area contributed by atoms with Gasteiger partial charge in [-0.2, -0.15) is 0 Å². The number of nitrogens with zero attached hydrogens (tertiary/aromatic N) is 1. The number of carbonyl (C=O) groups is 1. The average molecular weight is 225 g/mol. The molecule has 1 aromatic heterocycles. The molecule has 1 atom stereocenters. The van der Waals surface area contributed by atoms with E-state index in [9.17, 15) is 4.79 Å². The van der Waals surface area contributed by atoms with E-state index in [4.69, 9.17) is 14.6 Å². The molecule has 1 aromatic rings. The normalized spacial score (nSPS) is 20.3. The van der Waals surface area contributed by atoms with Gasteiger partial charge in [0.25, 0.3) is 0 Å². The van der Waals surface area contributed by atoms with E-state index in [1.165, 1.54) is 6.07 Å². The van der Waals surface area contributed by atoms with Crippen molar-refractivity contribution in [3.63, 3.8) is 0 Å². The van der Waals surface area contributed by atoms with E-state index in [1.54, 1.807) is 6.07 Å². The molecule has 16 heavy (non-hydrogen) atoms. The lowest BCUT2D eigenvalue weighted by molar-refractivity contribution is 0.0663. The lowest BCUT2D eigenvalue weighted by atomic mass is 10.1. The monoisotopic (exact) mass is 225 g/mol. The van der Waals surface area contributed by atoms with Crippen LogP contribution in [0.5, 0.6) is 0 Å². The summed E-state index contributed by atoms with van der Waals surface area (Å²) in [6.07, 6.45) is 1.81. The van der Waals surface area contributed by atoms with E-state index in [-0.39, 0.29) is 12.4 Å². The van der Waals surface area contributed by atoms with Crippen molar-refractivity contribution >= 4 is 11.9 Å². The number of aliphatic hydroxyl groups is 1. The van der Waals surface area contributed by atoms with Crippen LogP contribution in [0.25, 0.3) is 0 Å². The highest BCUT2D eigenvalue weighted by atomic mass is 16.4. The van der Waals surface area contributed by atoms with Crippen LogP contribution in [0.1, 0.15) is 23.4 Å². The molecule has 2 heterocycles. The van der Waals surface area contributed by atoms with Crippen molar-refractivity contribution in [1.29, 1.82) is 0 Å². The Kier molecular flexibility index (Phi) is 3.14. The van der Waals surface area contributed by atoms with Gasteiger partial charge in [0.1, 0.15) is 0 Å². The molecule has 0 saturated carbocycles. The van der Waals surface area contributed by atoms with Gasteiger partial charge < -0.3 is 19.5 Å². The number of carboxylic acid groups (broad SMARTS) is 1. The van der Waals surface area contributed by atoms with Crippen molar-refractivity contribution in [2.75, 3.05) is 24.6 Å². The number of hydrogen-bond donors (Lipinski definition) is 2. The minimum atomic E-state index is -1.04. The number of aromatic carboxylic acids is 1. The zero-order chi connectivity index (χ0) is 11.5. The van der Waals surface area contributed by atoms with Crippen molar-refractivity contribution < 1.29 is 19.4 Å². The quantitative estimate of drug-likeness (QED) is 0.805. The van der Waals surface area contributed by atoms with Crippen LogP contribution in [0, 0.1) is 5.92 Å². The van der Waals surface area contributed by atoms with Gasteiger partial charge in [0.2, 0.25) is 5.76 Å². The highest BCUT2D eigenvalue weighted by molar-refractivity contribution is 5.84. The smallest absolute Gasteiger partial charge is 0.371 e. The molecule has 1 saturated heterocycles. The molecule has 5 heteroatoms. The van der Waals surface area contributed by atoms with Gasteiger partial charge in [-0.1, -0.05) is 0 Å². The summed E-state index contributed by atoms with van der Waals surface area (Å²) in [5.41, 5.74) is 0. The Balaban J connectivity index is 2.00. The van der Waals surface area contributed by atoms with E-state index in [0.717, 1.165) is 25.9 Å². The largest absolute Gasteiger partial charge is 0.475 e. The molecule has 5 nitrogen and oxygen atoms in total. The second-order valence-corrected chi connectivity index (χ2v) is 4.06. The first-order valence-corrected chi connectivity index (χ1v) is 5.39. The average Bonchev–Trinajstić information content (AvgIpc) is 2.84. The summed E-state index contributed by atoms with van der Waals surface area (Å²) in [6, 6.07) is 3.15. The van der Waals surface area contributed by atoms with E-state index in [1.807, 2.05) is 4.90 Å². The van der Waals surface area contributed by atoms with Crippen LogP contribution in [-0.2, 0) is 0 Å². The first kappa shape index (κ1) is 11.0. The van der Waals surface area contributed by atoms with Crippen LogP contribution >= 0.6 is 0 Å². The molecule has 0 amide bonds. The lowest BCUT2D eigenvalue weighted by Crippen LogP contribution is -2.19. The molecule has 0 aromatic carbocycles. The van der Waals surface area contributed by atoms with E-state index < -0.39 is 5.97 Å². The second kappa shape index (κ2) is 4.57. The third kappa shape index (κ3) is 2.19. The molecule has 88 valence electrons. The molecule has 1 unspecified atom stereocenters. The number of furan rings is 1. The van der Waals surface area contributed by atoms with Crippen LogP contribution in [0.4, 0.5) is 5.88 Å². The first-order valence-electron chi connectivity index (χ1n) is 5.39. The molecule has 0 spiro atoms. The van der Waals surface area contributed by atoms with Crippen molar-refractivity contribution in [1.82, 2.24) is 0 Å². The Hall–Kier alpha value is -1.49. The van der Waals surface area contributed by atoms with E-state index in [0.29, 0.717) is 11.8 Å². The molecule has 1 fully saturated rings. The van der Waals surface area contributed by atoms with Crippen molar-refractivity contribution in [2.24, 2.45) is 5.92 Å². The Morgan fingerprint density at radius 2 is 2.38 bits per heavy atom. The number of carboxylic acids is 1. The van der Waals surface area contributed by atoms with Gasteiger partial charge in [-0.3, -0.25) is 0 Å². The predicted molar refractivity (Wildman–Crippen MR) is 57.7 cm³/mol. The molecule has 0 bridgehead atoms. The molecule has 2 N–H and O–H groups in total. The third-order valence-corrected chi connectivity index (χ3v) is 2.94. The first-order chi connectivity index (χ1) is 7.70. The molecular formula is C11H15NO4. The molecule has 2 rings (SSSR count). The summed E-state index contributed by atoms with van der Waals surface area (Å²) < 4.78 is 5.22. The number of rotatable bonds is 4. The fourth-order valence-corrected chi connectivity index (χ4v) is 2.06. The van der Waals surface area contributed by atoms with Gasteiger partial charge in [-0.25, -0.2) is 4.79 Å². The number of anilines is 1. The summed E-state index contributed by atoms with van der Waals surface area (Å²) in [5.74, 6) is 0.0131. The zero-order valence-corrected chi connectivity index (χ0v) is 8.93. The maximum Gasteiger partial charge on any atom is 0.371 e. The highest BCUT2D eigenvalue weighted by Crippen LogP contribution is 2.27. The number of aliphatic hydroxyl groups excluding tert-OH is 1. The van der Waals surface area contributed by atoms with Crippen molar-refractivity contribution in [3.05, 3.63) is 17.9 Å². The van der Waals surface area contributed by atoms with Crippen LogP contribution in [-0.4, -0.2) is 35.9 Å². The Morgan fingerprint density at radius 3 is 3.00 bits per heavy atom. The van der Waals surface area contributed by atoms with E-state index in [2.05, 4.69) is 0 Å². The highest BCUT2D eigenvalue weighted by Gasteiger charge is 2.24. The molecular weight excluding hydrogens is 210 g/mol. The van der Waals surface area contributed by atoms with Gasteiger partial charge in [0.05, 0.1) is 0 Å². The summed E-state index contributed by atoms with van der Waals surface area (Å²) in [5, 5.41) is 17.6. The minimum Gasteiger partial charge on any atom is -0.475 e. The van der Waals surface area contributed by atoms with Gasteiger partial charge in [-0.05, 0) is 24.8 Å². The van der Waals surface area contributed by atoms with Crippen LogP contribution in [0.15, 0.2) is 16.5 Å². The maximum absolute atomic E-state index is 10.7. The van der Waals surface area contributed by atoms with Crippen LogP contribution in [0.2, 0.25) is 0 Å². The van der Waals surface area contributed by atoms with Crippen LogP contribution in [0.3, 0.4) is 0 Å². The maximum atomic E-state index is 10.7. The molecule has 0 aliphatic carbocycles. The predicted octanol–water partition coefficient (Wildman–Crippen LogP) is 1.19. The molecule has 0 radical (unpaired) electrons. The third-order valence-electron chi connectivity index (χ3n) is 2.94. The van der Waals surface area contributed by atoms with Gasteiger partial charge in [0, 0.05) is 25.8 Å². The number of hydrogen-bond acceptors (Lipinski definition) is 4. The van der Waals surface area contributed by atoms with Crippen molar-refractivity contribution in [2.45, 2.75) is 12.8 Å². The van der Waals surface area contributed by atoms with Gasteiger partial charge in [-0.15, -0.1) is 0 Å². The van der Waals surface area contributed by atoms with E-state index >= 15 is 0 Å². The second-order valence-electron chi connectivity index (χ2n) is 4.06. The standard InChI is InChI=1S/C11H15NO4/c13-6-4-8-3-5-12(7-8)10-2-1-9(16-10)11(14)15/h1-2,8,13H,3-7H2,(H,14,15). The van der Waals surface area contributed by atoms with Crippen LogP contribution < -0.4 is 4.90 Å².